The van der Waals surface area contributed by atoms with Crippen molar-refractivity contribution < 1.29 is 47.7 Å². The maximum absolute atomic E-state index is 13.1. The lowest BCUT2D eigenvalue weighted by molar-refractivity contribution is -0.159. The van der Waals surface area contributed by atoms with Crippen LogP contribution in [0.3, 0.4) is 0 Å². The molecule has 1 rings (SSSR count). The van der Waals surface area contributed by atoms with Crippen molar-refractivity contribution in [2.45, 2.75) is 149 Å². The quantitative estimate of drug-likeness (QED) is 0.0839. The number of ether oxygens (including phenoxy) is 4. The lowest BCUT2D eigenvalue weighted by Crippen LogP contribution is -2.53. The molecule has 4 N–H and O–H groups in total. The van der Waals surface area contributed by atoms with E-state index in [0.29, 0.717) is 38.8 Å². The summed E-state index contributed by atoms with van der Waals surface area (Å²) in [5.74, 6) is -2.06. The van der Waals surface area contributed by atoms with Crippen LogP contribution in [0.4, 0.5) is 9.59 Å². The van der Waals surface area contributed by atoms with E-state index in [1.807, 2.05) is 30.3 Å². The van der Waals surface area contributed by atoms with Crippen LogP contribution in [-0.4, -0.2) is 77.9 Å². The summed E-state index contributed by atoms with van der Waals surface area (Å²) >= 11 is 0. The number of urea groups is 1. The first-order valence-corrected chi connectivity index (χ1v) is 17.6. The summed E-state index contributed by atoms with van der Waals surface area (Å²) in [5, 5.41) is 10.7. The minimum atomic E-state index is -1.18. The zero-order valence-electron chi connectivity index (χ0n) is 31.9. The number of unbranched alkanes of at least 4 members (excludes halogenated alkanes) is 2. The first-order valence-electron chi connectivity index (χ1n) is 17.6. The smallest absolute Gasteiger partial charge is 0.407 e. The highest BCUT2D eigenvalue weighted by molar-refractivity contribution is 5.87. The van der Waals surface area contributed by atoms with Crippen molar-refractivity contribution in [3.63, 3.8) is 0 Å². The molecule has 0 spiro atoms. The molecule has 0 aliphatic heterocycles. The molecule has 4 amide bonds. The molecule has 0 radical (unpaired) electrons. The molecule has 51 heavy (non-hydrogen) atoms. The van der Waals surface area contributed by atoms with E-state index in [0.717, 1.165) is 5.56 Å². The van der Waals surface area contributed by atoms with Crippen molar-refractivity contribution in [2.75, 3.05) is 13.1 Å². The highest BCUT2D eigenvalue weighted by Gasteiger charge is 2.31. The number of carbonyl (C=O) groups excluding carboxylic acids is 6. The second kappa shape index (κ2) is 21.8. The van der Waals surface area contributed by atoms with Crippen LogP contribution in [-0.2, 0) is 44.7 Å². The Balaban J connectivity index is 2.57. The Morgan fingerprint density at radius 2 is 1.12 bits per heavy atom. The Hall–Kier alpha value is -4.36. The monoisotopic (exact) mass is 720 g/mol. The van der Waals surface area contributed by atoms with Crippen molar-refractivity contribution in [2.24, 2.45) is 0 Å². The molecule has 14 nitrogen and oxygen atoms in total. The Morgan fingerprint density at radius 3 is 1.67 bits per heavy atom. The van der Waals surface area contributed by atoms with Crippen molar-refractivity contribution in [1.29, 1.82) is 0 Å². The molecule has 0 aliphatic carbocycles. The number of nitrogens with one attached hydrogen (secondary N) is 4. The molecule has 0 aliphatic rings. The average Bonchev–Trinajstić information content (AvgIpc) is 2.99. The van der Waals surface area contributed by atoms with Crippen molar-refractivity contribution >= 4 is 35.9 Å². The average molecular weight is 721 g/mol. The number of rotatable bonds is 19. The second-order valence-electron chi connectivity index (χ2n) is 15.2. The Labute approximate surface area is 302 Å². The molecule has 288 valence electrons. The van der Waals surface area contributed by atoms with Gasteiger partial charge in [0.2, 0.25) is 5.91 Å². The van der Waals surface area contributed by atoms with Crippen LogP contribution in [0.5, 0.6) is 0 Å². The number of hydrogen-bond donors (Lipinski definition) is 4. The van der Waals surface area contributed by atoms with Gasteiger partial charge in [-0.05, 0) is 106 Å². The minimum Gasteiger partial charge on any atom is -0.460 e. The SMILES string of the molecule is CC(C)(C)OC(=O)CC[C@H](NC(=O)N[C@@H](CCCCNC(=O)CCCCNC(=O)OCc1ccccc1)C(=O)OC(C)(C)C)C(=O)OC(C)(C)C. The van der Waals surface area contributed by atoms with E-state index in [-0.39, 0.29) is 38.2 Å². The van der Waals surface area contributed by atoms with Crippen molar-refractivity contribution in [3.8, 4) is 0 Å². The van der Waals surface area contributed by atoms with Gasteiger partial charge < -0.3 is 40.2 Å². The lowest BCUT2D eigenvalue weighted by Gasteiger charge is -2.27. The molecule has 0 aromatic heterocycles. The minimum absolute atomic E-state index is 0.0775. The standard InChI is InChI=1S/C37H60N4O10/c1-35(2,3)49-30(43)22-21-28(32(45)51-37(7,8)9)41-33(46)40-27(31(44)50-36(4,5)6)19-13-15-23-38-29(42)20-14-16-24-39-34(47)48-25-26-17-11-10-12-18-26/h10-12,17-18,27-28H,13-16,19-25H2,1-9H3,(H,38,42)(H,39,47)(H2,40,41,46)/t27-,28-/m0/s1. The fourth-order valence-electron chi connectivity index (χ4n) is 4.42. The highest BCUT2D eigenvalue weighted by atomic mass is 16.6. The number of amides is 4. The number of esters is 3. The van der Waals surface area contributed by atoms with Gasteiger partial charge in [0, 0.05) is 25.9 Å². The zero-order valence-corrected chi connectivity index (χ0v) is 31.9. The van der Waals surface area contributed by atoms with Gasteiger partial charge in [0.25, 0.3) is 0 Å². The molecule has 0 bridgehead atoms. The summed E-state index contributed by atoms with van der Waals surface area (Å²) in [7, 11) is 0. The van der Waals surface area contributed by atoms with Crippen LogP contribution in [0.1, 0.15) is 119 Å². The lowest BCUT2D eigenvalue weighted by atomic mass is 10.1. The number of carbonyl (C=O) groups is 6. The van der Waals surface area contributed by atoms with E-state index >= 15 is 0 Å². The molecule has 1 aromatic carbocycles. The van der Waals surface area contributed by atoms with Gasteiger partial charge in [-0.15, -0.1) is 0 Å². The predicted octanol–water partition coefficient (Wildman–Crippen LogP) is 5.21. The maximum atomic E-state index is 13.1. The molecular weight excluding hydrogens is 660 g/mol. The molecule has 0 saturated heterocycles. The van der Waals surface area contributed by atoms with Crippen LogP contribution in [0, 0.1) is 0 Å². The van der Waals surface area contributed by atoms with Crippen molar-refractivity contribution in [1.82, 2.24) is 21.3 Å². The van der Waals surface area contributed by atoms with Gasteiger partial charge in [-0.3, -0.25) is 9.59 Å². The number of hydrogen-bond acceptors (Lipinski definition) is 10. The van der Waals surface area contributed by atoms with E-state index in [9.17, 15) is 28.8 Å². The zero-order chi connectivity index (χ0) is 38.7. The maximum Gasteiger partial charge on any atom is 0.407 e. The molecular formula is C37H60N4O10. The van der Waals surface area contributed by atoms with Crippen LogP contribution in [0.2, 0.25) is 0 Å². The van der Waals surface area contributed by atoms with E-state index in [1.165, 1.54) is 0 Å². The van der Waals surface area contributed by atoms with Crippen LogP contribution in [0.15, 0.2) is 30.3 Å². The Bertz CT molecular complexity index is 1270. The van der Waals surface area contributed by atoms with E-state index < -0.39 is 58.9 Å². The van der Waals surface area contributed by atoms with Crippen molar-refractivity contribution in [3.05, 3.63) is 35.9 Å². The summed E-state index contributed by atoms with van der Waals surface area (Å²) in [6.45, 7) is 16.3. The first-order chi connectivity index (χ1) is 23.6. The van der Waals surface area contributed by atoms with Crippen LogP contribution < -0.4 is 21.3 Å². The molecule has 2 atom stereocenters. The molecule has 0 unspecified atom stereocenters. The van der Waals surface area contributed by atoms with Gasteiger partial charge in [-0.25, -0.2) is 19.2 Å². The summed E-state index contributed by atoms with van der Waals surface area (Å²) < 4.78 is 21.5. The fraction of sp³-hybridized carbons (Fsp3) is 0.676. The van der Waals surface area contributed by atoms with E-state index in [4.69, 9.17) is 18.9 Å². The number of benzene rings is 1. The fourth-order valence-corrected chi connectivity index (χ4v) is 4.42. The Kier molecular flexibility index (Phi) is 19.1. The molecule has 14 heteroatoms. The highest BCUT2D eigenvalue weighted by Crippen LogP contribution is 2.15. The third kappa shape index (κ3) is 23.6. The molecule has 0 fully saturated rings. The predicted molar refractivity (Wildman–Crippen MR) is 191 cm³/mol. The van der Waals surface area contributed by atoms with Crippen LogP contribution >= 0.6 is 0 Å². The first kappa shape index (κ1) is 44.7. The largest absolute Gasteiger partial charge is 0.460 e. The van der Waals surface area contributed by atoms with Crippen LogP contribution in [0.25, 0.3) is 0 Å². The summed E-state index contributed by atoms with van der Waals surface area (Å²) in [6, 6.07) is 6.32. The van der Waals surface area contributed by atoms with Gasteiger partial charge in [0.15, 0.2) is 0 Å². The van der Waals surface area contributed by atoms with E-state index in [2.05, 4.69) is 21.3 Å². The second-order valence-corrected chi connectivity index (χ2v) is 15.2. The topological polar surface area (TPSA) is 187 Å². The van der Waals surface area contributed by atoms with Gasteiger partial charge in [0.1, 0.15) is 35.5 Å². The van der Waals surface area contributed by atoms with Gasteiger partial charge >= 0.3 is 30.0 Å². The Morgan fingerprint density at radius 1 is 0.608 bits per heavy atom. The van der Waals surface area contributed by atoms with Gasteiger partial charge in [0.05, 0.1) is 0 Å². The van der Waals surface area contributed by atoms with Gasteiger partial charge in [-0.2, -0.15) is 0 Å². The third-order valence-corrected chi connectivity index (χ3v) is 6.60. The molecule has 0 heterocycles. The summed E-state index contributed by atoms with van der Waals surface area (Å²) in [5.41, 5.74) is -1.48. The molecule has 1 aromatic rings. The third-order valence-electron chi connectivity index (χ3n) is 6.60. The summed E-state index contributed by atoms with van der Waals surface area (Å²) in [6.07, 6.45) is 1.93. The summed E-state index contributed by atoms with van der Waals surface area (Å²) in [4.78, 5) is 75.5. The van der Waals surface area contributed by atoms with E-state index in [1.54, 1.807) is 62.3 Å². The van der Waals surface area contributed by atoms with Gasteiger partial charge in [-0.1, -0.05) is 30.3 Å². The molecule has 0 saturated carbocycles. The normalized spacial score (nSPS) is 12.8. The number of alkyl carbamates (subject to hydrolysis) is 1.